The minimum absolute atomic E-state index is 0.179. The van der Waals surface area contributed by atoms with Crippen molar-refractivity contribution in [1.82, 2.24) is 4.90 Å². The molecule has 3 rings (SSSR count). The van der Waals surface area contributed by atoms with Crippen LogP contribution in [0, 0.1) is 35.0 Å². The van der Waals surface area contributed by atoms with Crippen molar-refractivity contribution in [3.63, 3.8) is 0 Å². The number of rotatable bonds is 2. The van der Waals surface area contributed by atoms with E-state index in [1.54, 1.807) is 0 Å². The molecule has 20 heavy (non-hydrogen) atoms. The molecule has 1 N–H and O–H groups in total. The molecule has 1 aromatic carbocycles. The van der Waals surface area contributed by atoms with E-state index in [1.807, 2.05) is 0 Å². The lowest BCUT2D eigenvalue weighted by atomic mass is 9.94. The van der Waals surface area contributed by atoms with Gasteiger partial charge in [0.2, 0.25) is 5.82 Å². The lowest BCUT2D eigenvalue weighted by Gasteiger charge is -2.31. The van der Waals surface area contributed by atoms with Crippen LogP contribution in [0.2, 0.25) is 0 Å². The Morgan fingerprint density at radius 3 is 2.00 bits per heavy atom. The molecule has 3 atom stereocenters. The van der Waals surface area contributed by atoms with Gasteiger partial charge in [0.25, 0.3) is 0 Å². The van der Waals surface area contributed by atoms with Gasteiger partial charge in [-0.1, -0.05) is 0 Å². The third-order valence-corrected chi connectivity index (χ3v) is 4.17. The van der Waals surface area contributed by atoms with Gasteiger partial charge in [0.05, 0.1) is 0 Å². The molecule has 2 heterocycles. The first-order valence-corrected chi connectivity index (χ1v) is 6.49. The van der Waals surface area contributed by atoms with Crippen molar-refractivity contribution in [1.29, 1.82) is 0 Å². The summed E-state index contributed by atoms with van der Waals surface area (Å²) in [7, 11) is 0. The van der Waals surface area contributed by atoms with Crippen molar-refractivity contribution in [2.75, 3.05) is 25.0 Å². The summed E-state index contributed by atoms with van der Waals surface area (Å²) in [5.41, 5.74) is -0.910. The number of anilines is 1. The normalized spacial score (nSPS) is 28.8. The number of hydrogen-bond donors (Lipinski definition) is 1. The van der Waals surface area contributed by atoms with Crippen molar-refractivity contribution in [3.05, 3.63) is 29.1 Å². The molecule has 2 saturated heterocycles. The molecule has 0 saturated carbocycles. The van der Waals surface area contributed by atoms with Gasteiger partial charge in [-0.25, -0.2) is 22.0 Å². The van der Waals surface area contributed by atoms with Crippen LogP contribution in [0.3, 0.4) is 0 Å². The van der Waals surface area contributed by atoms with Crippen LogP contribution < -0.4 is 5.32 Å². The number of nitrogens with one attached hydrogen (secondary N) is 1. The lowest BCUT2D eigenvalue weighted by Crippen LogP contribution is -2.40. The van der Waals surface area contributed by atoms with Crippen LogP contribution in [-0.2, 0) is 0 Å². The minimum Gasteiger partial charge on any atom is -0.377 e. The highest BCUT2D eigenvalue weighted by Gasteiger charge is 2.36. The fourth-order valence-electron chi connectivity index (χ4n) is 3.06. The molecule has 2 aliphatic heterocycles. The van der Waals surface area contributed by atoms with E-state index in [9.17, 15) is 22.0 Å². The maximum Gasteiger partial charge on any atom is 0.200 e. The maximum atomic E-state index is 13.6. The smallest absolute Gasteiger partial charge is 0.200 e. The van der Waals surface area contributed by atoms with Crippen molar-refractivity contribution < 1.29 is 22.0 Å². The van der Waals surface area contributed by atoms with Gasteiger partial charge in [-0.05, 0) is 25.3 Å². The summed E-state index contributed by atoms with van der Waals surface area (Å²) in [5, 5.41) is 2.53. The van der Waals surface area contributed by atoms with E-state index in [0.717, 1.165) is 26.1 Å². The number of hydrogen-bond acceptors (Lipinski definition) is 2. The highest BCUT2D eigenvalue weighted by molar-refractivity contribution is 5.48. The van der Waals surface area contributed by atoms with Crippen LogP contribution in [-0.4, -0.2) is 30.6 Å². The zero-order chi connectivity index (χ0) is 14.4. The van der Waals surface area contributed by atoms with E-state index in [1.165, 1.54) is 0 Å². The molecule has 7 heteroatoms. The fraction of sp³-hybridized carbons (Fsp3) is 0.538. The van der Waals surface area contributed by atoms with E-state index in [4.69, 9.17) is 0 Å². The number of piperidine rings is 1. The Hall–Kier alpha value is -1.37. The van der Waals surface area contributed by atoms with Crippen molar-refractivity contribution in [2.24, 2.45) is 5.92 Å². The second-order valence-corrected chi connectivity index (χ2v) is 5.33. The van der Waals surface area contributed by atoms with Gasteiger partial charge in [-0.15, -0.1) is 0 Å². The standard InChI is InChI=1S/C13H13F5N2/c14-8-9(15)11(17)13(12(18)10(8)16)19-7-2-4-20-3-1-6(7)5-20/h6-7,19H,1-5H2. The summed E-state index contributed by atoms with van der Waals surface area (Å²) >= 11 is 0. The predicted octanol–water partition coefficient (Wildman–Crippen LogP) is 2.89. The molecule has 110 valence electrons. The van der Waals surface area contributed by atoms with Crippen LogP contribution in [0.1, 0.15) is 12.8 Å². The first kappa shape index (κ1) is 13.6. The van der Waals surface area contributed by atoms with Crippen molar-refractivity contribution in [2.45, 2.75) is 18.9 Å². The summed E-state index contributed by atoms with van der Waals surface area (Å²) in [6.07, 6.45) is 1.50. The second kappa shape index (κ2) is 4.87. The molecule has 0 spiro atoms. The Kier molecular flexibility index (Phi) is 3.32. The van der Waals surface area contributed by atoms with E-state index < -0.39 is 34.8 Å². The third kappa shape index (κ3) is 2.04. The van der Waals surface area contributed by atoms with E-state index in [-0.39, 0.29) is 12.0 Å². The SMILES string of the molecule is Fc1c(F)c(F)c(NC2CCN3CCC2C3)c(F)c1F. The van der Waals surface area contributed by atoms with E-state index in [0.29, 0.717) is 6.42 Å². The zero-order valence-corrected chi connectivity index (χ0v) is 10.5. The molecule has 2 aliphatic rings. The predicted molar refractivity (Wildman–Crippen MR) is 62.8 cm³/mol. The average molecular weight is 292 g/mol. The van der Waals surface area contributed by atoms with Gasteiger partial charge in [-0.3, -0.25) is 0 Å². The van der Waals surface area contributed by atoms with Crippen molar-refractivity contribution in [3.8, 4) is 0 Å². The topological polar surface area (TPSA) is 15.3 Å². The molecule has 2 bridgehead atoms. The Morgan fingerprint density at radius 2 is 1.35 bits per heavy atom. The number of halogens is 5. The highest BCUT2D eigenvalue weighted by Crippen LogP contribution is 2.33. The summed E-state index contributed by atoms with van der Waals surface area (Å²) in [6.45, 7) is 2.48. The number of nitrogens with zero attached hydrogens (tertiary/aromatic N) is 1. The Labute approximate surface area is 112 Å². The molecule has 3 unspecified atom stereocenters. The highest BCUT2D eigenvalue weighted by atomic mass is 19.2. The van der Waals surface area contributed by atoms with Gasteiger partial charge >= 0.3 is 0 Å². The Morgan fingerprint density at radius 1 is 0.800 bits per heavy atom. The van der Waals surface area contributed by atoms with Crippen LogP contribution >= 0.6 is 0 Å². The van der Waals surface area contributed by atoms with Crippen LogP contribution in [0.5, 0.6) is 0 Å². The quantitative estimate of drug-likeness (QED) is 0.512. The van der Waals surface area contributed by atoms with E-state index in [2.05, 4.69) is 10.2 Å². The van der Waals surface area contributed by atoms with Crippen LogP contribution in [0.15, 0.2) is 0 Å². The Balaban J connectivity index is 1.91. The summed E-state index contributed by atoms with van der Waals surface area (Å²) in [5.74, 6) is -9.34. The lowest BCUT2D eigenvalue weighted by molar-refractivity contribution is 0.254. The van der Waals surface area contributed by atoms with Gasteiger partial charge in [0.1, 0.15) is 5.69 Å². The molecular weight excluding hydrogens is 279 g/mol. The fourth-order valence-corrected chi connectivity index (χ4v) is 3.06. The van der Waals surface area contributed by atoms with Gasteiger partial charge in [0, 0.05) is 19.1 Å². The molecule has 0 aromatic heterocycles. The maximum absolute atomic E-state index is 13.6. The first-order valence-electron chi connectivity index (χ1n) is 6.49. The van der Waals surface area contributed by atoms with Crippen LogP contribution in [0.4, 0.5) is 27.6 Å². The first-order chi connectivity index (χ1) is 9.49. The van der Waals surface area contributed by atoms with Gasteiger partial charge in [-0.2, -0.15) is 0 Å². The van der Waals surface area contributed by atoms with Crippen LogP contribution in [0.25, 0.3) is 0 Å². The molecule has 0 aliphatic carbocycles. The molecule has 1 aromatic rings. The summed E-state index contributed by atoms with van der Waals surface area (Å²) in [6, 6.07) is -0.262. The average Bonchev–Trinajstić information content (AvgIpc) is 2.84. The monoisotopic (exact) mass is 292 g/mol. The summed E-state index contributed by atoms with van der Waals surface area (Å²) in [4.78, 5) is 2.22. The van der Waals surface area contributed by atoms with E-state index >= 15 is 0 Å². The van der Waals surface area contributed by atoms with Gasteiger partial charge in [0.15, 0.2) is 23.3 Å². The van der Waals surface area contributed by atoms with Gasteiger partial charge < -0.3 is 10.2 Å². The largest absolute Gasteiger partial charge is 0.377 e. The molecule has 0 radical (unpaired) electrons. The second-order valence-electron chi connectivity index (χ2n) is 5.33. The minimum atomic E-state index is -2.12. The number of benzene rings is 1. The van der Waals surface area contributed by atoms with Crippen molar-refractivity contribution >= 4 is 5.69 Å². The molecule has 0 amide bonds. The Bertz CT molecular complexity index is 519. The summed E-state index contributed by atoms with van der Waals surface area (Å²) < 4.78 is 66.4. The molecular formula is C13H13F5N2. The number of fused-ring (bicyclic) bond motifs is 2. The molecule has 2 nitrogen and oxygen atoms in total. The zero-order valence-electron chi connectivity index (χ0n) is 10.5. The third-order valence-electron chi connectivity index (χ3n) is 4.17. The molecule has 2 fully saturated rings.